The molecule has 1 atom stereocenters. The third-order valence-corrected chi connectivity index (χ3v) is 2.62. The molecule has 5 heteroatoms. The number of hydrogen-bond donors (Lipinski definition) is 1. The van der Waals surface area contributed by atoms with Crippen molar-refractivity contribution in [3.63, 3.8) is 0 Å². The van der Waals surface area contributed by atoms with Crippen LogP contribution >= 0.6 is 0 Å². The fourth-order valence-corrected chi connectivity index (χ4v) is 1.53. The van der Waals surface area contributed by atoms with E-state index in [1.54, 1.807) is 0 Å². The summed E-state index contributed by atoms with van der Waals surface area (Å²) in [6.07, 6.45) is -0.500. The zero-order valence-electron chi connectivity index (χ0n) is 10.8. The van der Waals surface area contributed by atoms with E-state index in [1.807, 2.05) is 6.07 Å². The van der Waals surface area contributed by atoms with Gasteiger partial charge in [-0.3, -0.25) is 0 Å². The summed E-state index contributed by atoms with van der Waals surface area (Å²) in [5.41, 5.74) is 7.53. The maximum atomic E-state index is 9.86. The second kappa shape index (κ2) is 7.91. The summed E-state index contributed by atoms with van der Waals surface area (Å²) in [4.78, 5) is 19.6. The van der Waals surface area contributed by atoms with Crippen molar-refractivity contribution < 1.29 is 19.8 Å². The highest BCUT2D eigenvalue weighted by molar-refractivity contribution is 5.72. The summed E-state index contributed by atoms with van der Waals surface area (Å²) in [6.45, 7) is 0. The van der Waals surface area contributed by atoms with Crippen molar-refractivity contribution >= 4 is 11.9 Å². The number of carbonyl (C=O) groups excluding carboxylic acids is 2. The van der Waals surface area contributed by atoms with Gasteiger partial charge in [-0.25, -0.2) is 0 Å². The molecule has 2 rings (SSSR count). The van der Waals surface area contributed by atoms with Crippen LogP contribution in [0.3, 0.4) is 0 Å². The van der Waals surface area contributed by atoms with E-state index in [0.29, 0.717) is 0 Å². The first-order chi connectivity index (χ1) is 9.50. The Morgan fingerprint density at radius 3 is 1.90 bits per heavy atom. The second-order valence-corrected chi connectivity index (χ2v) is 4.18. The Morgan fingerprint density at radius 2 is 1.45 bits per heavy atom. The van der Waals surface area contributed by atoms with Crippen LogP contribution in [0.5, 0.6) is 0 Å². The molecule has 0 amide bonds. The Hall–Kier alpha value is -2.40. The molecule has 2 aliphatic rings. The molecule has 0 aromatic heterocycles. The van der Waals surface area contributed by atoms with Crippen molar-refractivity contribution in [3.05, 3.63) is 48.5 Å². The Kier molecular flexibility index (Phi) is 6.19. The molecule has 5 nitrogen and oxygen atoms in total. The Bertz CT molecular complexity index is 513. The molecule has 0 saturated carbocycles. The first kappa shape index (κ1) is 15.7. The van der Waals surface area contributed by atoms with Crippen LogP contribution in [0, 0.1) is 0 Å². The van der Waals surface area contributed by atoms with Crippen LogP contribution in [0.1, 0.15) is 12.8 Å². The van der Waals surface area contributed by atoms with Crippen LogP contribution in [0.15, 0.2) is 48.5 Å². The molecule has 1 unspecified atom stereocenters. The zero-order chi connectivity index (χ0) is 15.0. The summed E-state index contributed by atoms with van der Waals surface area (Å²) < 4.78 is 0. The molecule has 0 aliphatic heterocycles. The summed E-state index contributed by atoms with van der Waals surface area (Å²) in [5, 5.41) is 19.6. The minimum absolute atomic E-state index is 0.148. The summed E-state index contributed by atoms with van der Waals surface area (Å²) in [7, 11) is 0. The maximum Gasteiger partial charge on any atom is 0.0582 e. The van der Waals surface area contributed by atoms with Crippen molar-refractivity contribution in [2.45, 2.75) is 18.9 Å². The van der Waals surface area contributed by atoms with Gasteiger partial charge in [0.05, 0.1) is 5.97 Å². The smallest absolute Gasteiger partial charge is 0.0582 e. The highest BCUT2D eigenvalue weighted by atomic mass is 16.4. The fraction of sp³-hybridized carbons (Fsp3) is 0.200. The van der Waals surface area contributed by atoms with Crippen LogP contribution in [-0.4, -0.2) is 18.0 Å². The van der Waals surface area contributed by atoms with Crippen LogP contribution in [0.25, 0.3) is 11.1 Å². The molecule has 0 radical (unpaired) electrons. The van der Waals surface area contributed by atoms with E-state index < -0.39 is 18.0 Å². The quantitative estimate of drug-likeness (QED) is 0.799. The second-order valence-electron chi connectivity index (χ2n) is 4.18. The van der Waals surface area contributed by atoms with Crippen molar-refractivity contribution in [3.8, 4) is 11.1 Å². The van der Waals surface area contributed by atoms with E-state index in [1.165, 1.54) is 11.1 Å². The number of nitrogens with two attached hydrogens (primary N) is 1. The average Bonchev–Trinajstić information content (AvgIpc) is 2.73. The molecule has 2 aliphatic carbocycles. The van der Waals surface area contributed by atoms with Gasteiger partial charge >= 0.3 is 0 Å². The van der Waals surface area contributed by atoms with Crippen LogP contribution in [0.4, 0.5) is 0 Å². The first-order valence-corrected chi connectivity index (χ1v) is 6.11. The topological polar surface area (TPSA) is 106 Å². The SMILES string of the molecule is NC(CCC(=O)[O-])C(=O)[O-].c1ccc2cccc-2cc1. The van der Waals surface area contributed by atoms with Gasteiger partial charge in [0.15, 0.2) is 0 Å². The lowest BCUT2D eigenvalue weighted by Crippen LogP contribution is -2.42. The Labute approximate surface area is 117 Å². The molecule has 0 bridgehead atoms. The molecule has 106 valence electrons. The number of carboxylic acids is 2. The highest BCUT2D eigenvalue weighted by Crippen LogP contribution is 2.19. The average molecular weight is 273 g/mol. The summed E-state index contributed by atoms with van der Waals surface area (Å²) in [5.74, 6) is -2.75. The normalized spacial score (nSPS) is 11.2. The predicted molar refractivity (Wildman–Crippen MR) is 70.3 cm³/mol. The van der Waals surface area contributed by atoms with Gasteiger partial charge in [-0.2, -0.15) is 0 Å². The van der Waals surface area contributed by atoms with E-state index in [0.717, 1.165) is 0 Å². The maximum absolute atomic E-state index is 9.86. The lowest BCUT2D eigenvalue weighted by atomic mass is 10.2. The van der Waals surface area contributed by atoms with Crippen molar-refractivity contribution in [1.82, 2.24) is 0 Å². The first-order valence-electron chi connectivity index (χ1n) is 6.11. The van der Waals surface area contributed by atoms with Crippen LogP contribution in [-0.2, 0) is 9.59 Å². The number of carboxylic acid groups (broad SMARTS) is 2. The molecular formula is C15H15NO4-2. The van der Waals surface area contributed by atoms with Gasteiger partial charge < -0.3 is 25.5 Å². The molecule has 0 spiro atoms. The van der Waals surface area contributed by atoms with E-state index in [9.17, 15) is 19.8 Å². The van der Waals surface area contributed by atoms with Gasteiger partial charge in [0, 0.05) is 12.0 Å². The summed E-state index contributed by atoms with van der Waals surface area (Å²) >= 11 is 0. The lowest BCUT2D eigenvalue weighted by molar-refractivity contribution is -0.309. The van der Waals surface area contributed by atoms with Crippen LogP contribution < -0.4 is 15.9 Å². The molecule has 0 saturated heterocycles. The zero-order valence-corrected chi connectivity index (χ0v) is 10.8. The van der Waals surface area contributed by atoms with Gasteiger partial charge in [0.25, 0.3) is 0 Å². The van der Waals surface area contributed by atoms with Gasteiger partial charge in [0.2, 0.25) is 0 Å². The van der Waals surface area contributed by atoms with Gasteiger partial charge in [0.1, 0.15) is 0 Å². The Morgan fingerprint density at radius 1 is 0.950 bits per heavy atom. The molecule has 0 heterocycles. The van der Waals surface area contributed by atoms with E-state index >= 15 is 0 Å². The Balaban J connectivity index is 0.000000200. The minimum atomic E-state index is -1.44. The van der Waals surface area contributed by atoms with Crippen LogP contribution in [0.2, 0.25) is 0 Å². The number of carbonyl (C=O) groups is 2. The number of aliphatic carboxylic acids is 2. The third-order valence-electron chi connectivity index (χ3n) is 2.62. The van der Waals surface area contributed by atoms with Crippen molar-refractivity contribution in [2.24, 2.45) is 5.73 Å². The molecular weight excluding hydrogens is 258 g/mol. The third kappa shape index (κ3) is 5.49. The lowest BCUT2D eigenvalue weighted by Gasteiger charge is -2.11. The molecule has 20 heavy (non-hydrogen) atoms. The van der Waals surface area contributed by atoms with E-state index in [-0.39, 0.29) is 12.8 Å². The van der Waals surface area contributed by atoms with Crippen molar-refractivity contribution in [2.75, 3.05) is 0 Å². The molecule has 0 aromatic rings. The van der Waals surface area contributed by atoms with E-state index in [2.05, 4.69) is 42.5 Å². The largest absolute Gasteiger partial charge is 0.550 e. The van der Waals surface area contributed by atoms with Gasteiger partial charge in [-0.1, -0.05) is 48.5 Å². The predicted octanol–water partition coefficient (Wildman–Crippen LogP) is -0.615. The highest BCUT2D eigenvalue weighted by Gasteiger charge is 2.01. The molecule has 0 aromatic carbocycles. The number of hydrogen-bond acceptors (Lipinski definition) is 5. The number of rotatable bonds is 4. The van der Waals surface area contributed by atoms with Crippen molar-refractivity contribution in [1.29, 1.82) is 0 Å². The minimum Gasteiger partial charge on any atom is -0.550 e. The summed E-state index contributed by atoms with van der Waals surface area (Å²) in [6, 6.07) is 15.5. The van der Waals surface area contributed by atoms with E-state index in [4.69, 9.17) is 5.73 Å². The monoisotopic (exact) mass is 273 g/mol. The van der Waals surface area contributed by atoms with Gasteiger partial charge in [-0.15, -0.1) is 0 Å². The molecule has 2 N–H and O–H groups in total. The fourth-order valence-electron chi connectivity index (χ4n) is 1.53. The number of fused-ring (bicyclic) bond motifs is 1. The standard InChI is InChI=1S/C10H8.C5H9NO4/c1-2-5-9-7-4-8-10(9)6-3-1;6-3(5(9)10)1-2-4(7)8/h1-8H;3H,1-2,6H2,(H,7,8)(H,9,10)/p-2. The van der Waals surface area contributed by atoms with Gasteiger partial charge in [-0.05, 0) is 24.0 Å². The molecule has 0 fully saturated rings.